The Morgan fingerprint density at radius 2 is 2.00 bits per heavy atom. The fourth-order valence-electron chi connectivity index (χ4n) is 3.10. The molecule has 3 heterocycles. The van der Waals surface area contributed by atoms with Gasteiger partial charge in [0, 0.05) is 30.2 Å². The van der Waals surface area contributed by atoms with Crippen molar-refractivity contribution in [2.24, 2.45) is 0 Å². The molecule has 9 nitrogen and oxygen atoms in total. The second kappa shape index (κ2) is 6.33. The lowest BCUT2D eigenvalue weighted by atomic mass is 10.2. The molecule has 0 radical (unpaired) electrons. The molecule has 1 aliphatic heterocycles. The van der Waals surface area contributed by atoms with E-state index in [4.69, 9.17) is 16.7 Å². The predicted molar refractivity (Wildman–Crippen MR) is 99.4 cm³/mol. The number of hydrogen-bond donors (Lipinski definition) is 3. The largest absolute Gasteiger partial charge is 0.399 e. The van der Waals surface area contributed by atoms with Gasteiger partial charge in [-0.2, -0.15) is 10.2 Å². The Morgan fingerprint density at radius 3 is 2.77 bits per heavy atom. The number of nitrogens with one attached hydrogen (secondary N) is 1. The zero-order chi connectivity index (χ0) is 18.1. The Kier molecular flexibility index (Phi) is 3.85. The minimum absolute atomic E-state index is 0.169. The Balaban J connectivity index is 1.55. The van der Waals surface area contributed by atoms with Gasteiger partial charge in [-0.15, -0.1) is 0 Å². The molecule has 1 atom stereocenters. The zero-order valence-corrected chi connectivity index (χ0v) is 13.9. The van der Waals surface area contributed by atoms with Gasteiger partial charge in [0.1, 0.15) is 11.9 Å². The van der Waals surface area contributed by atoms with Crippen LogP contribution in [0.15, 0.2) is 30.6 Å². The van der Waals surface area contributed by atoms with Gasteiger partial charge in [-0.3, -0.25) is 0 Å². The Morgan fingerprint density at radius 1 is 1.19 bits per heavy atom. The molecule has 1 aliphatic rings. The highest BCUT2D eigenvalue weighted by Gasteiger charge is 2.26. The molecule has 0 spiro atoms. The molecule has 5 N–H and O–H groups in total. The maximum atomic E-state index is 8.81. The number of nitrogen functional groups attached to an aromatic ring is 2. The summed E-state index contributed by atoms with van der Waals surface area (Å²) >= 11 is 0. The fraction of sp³-hybridized carbons (Fsp3) is 0.235. The third-order valence-electron chi connectivity index (χ3n) is 4.32. The average Bonchev–Trinajstić information content (AvgIpc) is 3.09. The molecule has 0 saturated carbocycles. The summed E-state index contributed by atoms with van der Waals surface area (Å²) in [7, 11) is 0. The molecule has 2 aromatic heterocycles. The van der Waals surface area contributed by atoms with Crippen LogP contribution in [0.25, 0.3) is 10.9 Å². The van der Waals surface area contributed by atoms with Crippen molar-refractivity contribution in [3.8, 4) is 6.07 Å². The number of aromatic nitrogens is 4. The smallest absolute Gasteiger partial charge is 0.222 e. The SMILES string of the molecule is N#Cc1cnc(NC2CCN(c3nc(N)nc4cc(N)ccc34)C2)nc1. The highest BCUT2D eigenvalue weighted by atomic mass is 15.3. The van der Waals surface area contributed by atoms with Crippen LogP contribution < -0.4 is 21.7 Å². The number of fused-ring (bicyclic) bond motifs is 1. The van der Waals surface area contributed by atoms with Gasteiger partial charge >= 0.3 is 0 Å². The first kappa shape index (κ1) is 15.8. The van der Waals surface area contributed by atoms with Crippen LogP contribution in [0.4, 0.5) is 23.4 Å². The van der Waals surface area contributed by atoms with E-state index >= 15 is 0 Å². The number of rotatable bonds is 3. The quantitative estimate of drug-likeness (QED) is 0.594. The van der Waals surface area contributed by atoms with Crippen molar-refractivity contribution in [2.75, 3.05) is 34.8 Å². The van der Waals surface area contributed by atoms with Gasteiger partial charge in [0.15, 0.2) is 0 Å². The summed E-state index contributed by atoms with van der Waals surface area (Å²) in [4.78, 5) is 19.2. The first-order chi connectivity index (χ1) is 12.6. The average molecular weight is 347 g/mol. The number of nitriles is 1. The van der Waals surface area contributed by atoms with Crippen LogP contribution in [0.3, 0.4) is 0 Å². The summed E-state index contributed by atoms with van der Waals surface area (Å²) in [6.07, 6.45) is 3.92. The predicted octanol–water partition coefficient (Wildman–Crippen LogP) is 1.15. The van der Waals surface area contributed by atoms with Crippen molar-refractivity contribution < 1.29 is 0 Å². The summed E-state index contributed by atoms with van der Waals surface area (Å²) in [6, 6.07) is 7.73. The van der Waals surface area contributed by atoms with Crippen LogP contribution >= 0.6 is 0 Å². The van der Waals surface area contributed by atoms with Gasteiger partial charge in [0.05, 0.1) is 23.5 Å². The fourth-order valence-corrected chi connectivity index (χ4v) is 3.10. The second-order valence-corrected chi connectivity index (χ2v) is 6.17. The van der Waals surface area contributed by atoms with Crippen molar-refractivity contribution in [1.82, 2.24) is 19.9 Å². The Bertz CT molecular complexity index is 988. The van der Waals surface area contributed by atoms with E-state index in [9.17, 15) is 0 Å². The van der Waals surface area contributed by atoms with E-state index in [2.05, 4.69) is 30.2 Å². The topological polar surface area (TPSA) is 143 Å². The number of hydrogen-bond acceptors (Lipinski definition) is 9. The lowest BCUT2D eigenvalue weighted by Crippen LogP contribution is -2.27. The summed E-state index contributed by atoms with van der Waals surface area (Å²) in [5.74, 6) is 1.54. The van der Waals surface area contributed by atoms with Gasteiger partial charge in [0.25, 0.3) is 0 Å². The van der Waals surface area contributed by atoms with Crippen LogP contribution in [-0.4, -0.2) is 39.1 Å². The van der Waals surface area contributed by atoms with Gasteiger partial charge in [-0.05, 0) is 24.6 Å². The molecule has 0 amide bonds. The zero-order valence-electron chi connectivity index (χ0n) is 13.9. The molecule has 4 rings (SSSR count). The molecular weight excluding hydrogens is 330 g/mol. The van der Waals surface area contributed by atoms with E-state index in [1.807, 2.05) is 18.2 Å². The minimum Gasteiger partial charge on any atom is -0.399 e. The first-order valence-corrected chi connectivity index (χ1v) is 8.19. The van der Waals surface area contributed by atoms with Gasteiger partial charge < -0.3 is 21.7 Å². The summed E-state index contributed by atoms with van der Waals surface area (Å²) in [5.41, 5.74) is 13.5. The number of nitrogens with two attached hydrogens (primary N) is 2. The van der Waals surface area contributed by atoms with Crippen molar-refractivity contribution in [2.45, 2.75) is 12.5 Å². The molecule has 9 heteroatoms. The van der Waals surface area contributed by atoms with E-state index in [0.29, 0.717) is 17.2 Å². The molecule has 1 unspecified atom stereocenters. The maximum absolute atomic E-state index is 8.81. The molecule has 26 heavy (non-hydrogen) atoms. The van der Waals surface area contributed by atoms with Crippen LogP contribution in [0.2, 0.25) is 0 Å². The maximum Gasteiger partial charge on any atom is 0.222 e. The second-order valence-electron chi connectivity index (χ2n) is 6.17. The summed E-state index contributed by atoms with van der Waals surface area (Å²) in [5, 5.41) is 13.0. The van der Waals surface area contributed by atoms with Crippen LogP contribution in [0.1, 0.15) is 12.0 Å². The van der Waals surface area contributed by atoms with E-state index in [0.717, 1.165) is 36.2 Å². The van der Waals surface area contributed by atoms with E-state index in [-0.39, 0.29) is 12.0 Å². The Labute approximate surface area is 149 Å². The molecule has 1 saturated heterocycles. The van der Waals surface area contributed by atoms with E-state index < -0.39 is 0 Å². The lowest BCUT2D eigenvalue weighted by Gasteiger charge is -2.20. The third kappa shape index (κ3) is 3.00. The third-order valence-corrected chi connectivity index (χ3v) is 4.32. The van der Waals surface area contributed by atoms with Gasteiger partial charge in [-0.1, -0.05) is 0 Å². The van der Waals surface area contributed by atoms with Gasteiger partial charge in [0.2, 0.25) is 11.9 Å². The summed E-state index contributed by atoms with van der Waals surface area (Å²) in [6.45, 7) is 1.56. The molecule has 0 aliphatic carbocycles. The van der Waals surface area contributed by atoms with Crippen molar-refractivity contribution >= 4 is 34.3 Å². The van der Waals surface area contributed by atoms with Crippen molar-refractivity contribution in [3.05, 3.63) is 36.2 Å². The van der Waals surface area contributed by atoms with Gasteiger partial charge in [-0.25, -0.2) is 15.0 Å². The van der Waals surface area contributed by atoms with Crippen LogP contribution in [0.5, 0.6) is 0 Å². The highest BCUT2D eigenvalue weighted by molar-refractivity contribution is 5.92. The molecule has 1 aromatic carbocycles. The number of benzene rings is 1. The molecular formula is C17H17N9. The lowest BCUT2D eigenvalue weighted by molar-refractivity contribution is 0.791. The molecule has 130 valence electrons. The van der Waals surface area contributed by atoms with Crippen molar-refractivity contribution in [1.29, 1.82) is 5.26 Å². The van der Waals surface area contributed by atoms with Crippen LogP contribution in [-0.2, 0) is 0 Å². The monoisotopic (exact) mass is 347 g/mol. The van der Waals surface area contributed by atoms with E-state index in [1.165, 1.54) is 12.4 Å². The summed E-state index contributed by atoms with van der Waals surface area (Å²) < 4.78 is 0. The van der Waals surface area contributed by atoms with Crippen LogP contribution in [0, 0.1) is 11.3 Å². The molecule has 3 aromatic rings. The Hall–Kier alpha value is -3.67. The first-order valence-electron chi connectivity index (χ1n) is 8.19. The normalized spacial score (nSPS) is 16.6. The number of nitrogens with zero attached hydrogens (tertiary/aromatic N) is 6. The molecule has 0 bridgehead atoms. The van der Waals surface area contributed by atoms with E-state index in [1.54, 1.807) is 6.07 Å². The minimum atomic E-state index is 0.169. The number of anilines is 4. The molecule has 1 fully saturated rings. The standard InChI is InChI=1S/C17H17N9/c18-6-10-7-21-17(22-8-10)23-12-3-4-26(9-12)15-13-2-1-11(19)5-14(13)24-16(20)25-15/h1-2,5,7-8,12H,3-4,9,19H2,(H2,20,24,25)(H,21,22,23). The highest BCUT2D eigenvalue weighted by Crippen LogP contribution is 2.29. The van der Waals surface area contributed by atoms with Crippen molar-refractivity contribution in [3.63, 3.8) is 0 Å².